The molecule has 4 rings (SSSR count). The van der Waals surface area contributed by atoms with E-state index < -0.39 is 5.91 Å². The van der Waals surface area contributed by atoms with Crippen LogP contribution < -0.4 is 24.8 Å². The van der Waals surface area contributed by atoms with Crippen molar-refractivity contribution < 1.29 is 23.8 Å². The van der Waals surface area contributed by atoms with Gasteiger partial charge in [-0.1, -0.05) is 35.3 Å². The summed E-state index contributed by atoms with van der Waals surface area (Å²) in [5.74, 6) is 1.13. The van der Waals surface area contributed by atoms with Gasteiger partial charge in [0.25, 0.3) is 5.91 Å². The van der Waals surface area contributed by atoms with E-state index in [2.05, 4.69) is 10.6 Å². The third kappa shape index (κ3) is 5.43. The van der Waals surface area contributed by atoms with Crippen LogP contribution in [0.3, 0.4) is 0 Å². The van der Waals surface area contributed by atoms with Crippen molar-refractivity contribution in [1.29, 1.82) is 0 Å². The van der Waals surface area contributed by atoms with Crippen LogP contribution in [0.5, 0.6) is 17.2 Å². The van der Waals surface area contributed by atoms with Gasteiger partial charge in [-0.05, 0) is 48.0 Å². The highest BCUT2D eigenvalue weighted by Crippen LogP contribution is 2.35. The molecule has 32 heavy (non-hydrogen) atoms. The smallest absolute Gasteiger partial charge is 0.253 e. The monoisotopic (exact) mass is 472 g/mol. The molecule has 0 aromatic heterocycles. The molecular formula is C23H18Cl2N2O5. The van der Waals surface area contributed by atoms with E-state index in [9.17, 15) is 9.59 Å². The molecule has 2 N–H and O–H groups in total. The Bertz CT molecular complexity index is 1170. The number of halogens is 2. The van der Waals surface area contributed by atoms with Crippen LogP contribution in [0.4, 0.5) is 5.69 Å². The van der Waals surface area contributed by atoms with E-state index >= 15 is 0 Å². The summed E-state index contributed by atoms with van der Waals surface area (Å²) in [4.78, 5) is 24.5. The molecular weight excluding hydrogens is 455 g/mol. The first-order valence-electron chi connectivity index (χ1n) is 9.62. The molecule has 9 heteroatoms. The fourth-order valence-corrected chi connectivity index (χ4v) is 3.50. The van der Waals surface area contributed by atoms with Gasteiger partial charge in [0.1, 0.15) is 12.4 Å². The van der Waals surface area contributed by atoms with Crippen molar-refractivity contribution >= 4 is 40.7 Å². The lowest BCUT2D eigenvalue weighted by molar-refractivity contribution is -0.115. The first-order valence-corrected chi connectivity index (χ1v) is 10.4. The summed E-state index contributed by atoms with van der Waals surface area (Å²) >= 11 is 11.8. The van der Waals surface area contributed by atoms with E-state index in [4.69, 9.17) is 37.4 Å². The number of benzene rings is 3. The Morgan fingerprint density at radius 3 is 2.66 bits per heavy atom. The van der Waals surface area contributed by atoms with Crippen LogP contribution in [0.2, 0.25) is 10.0 Å². The van der Waals surface area contributed by atoms with Crippen molar-refractivity contribution in [3.63, 3.8) is 0 Å². The predicted molar refractivity (Wildman–Crippen MR) is 121 cm³/mol. The van der Waals surface area contributed by atoms with Gasteiger partial charge in [-0.2, -0.15) is 0 Å². The summed E-state index contributed by atoms with van der Waals surface area (Å²) < 4.78 is 16.4. The normalized spacial score (nSPS) is 11.7. The fraction of sp³-hybridized carbons (Fsp3) is 0.130. The number of anilines is 1. The van der Waals surface area contributed by atoms with E-state index in [0.29, 0.717) is 34.6 Å². The molecule has 3 aromatic carbocycles. The standard InChI is InChI=1S/C23H18Cl2N2O5/c24-15-4-6-18(19(25)9-15)23(29)26-11-22(28)27-16-3-1-2-14(8-16)12-30-17-5-7-20-21(10-17)32-13-31-20/h1-10H,11-13H2,(H,26,29)(H,27,28). The minimum Gasteiger partial charge on any atom is -0.489 e. The van der Waals surface area contributed by atoms with Crippen molar-refractivity contribution in [2.24, 2.45) is 0 Å². The Morgan fingerprint density at radius 2 is 1.81 bits per heavy atom. The van der Waals surface area contributed by atoms with Gasteiger partial charge in [0, 0.05) is 16.8 Å². The van der Waals surface area contributed by atoms with Crippen molar-refractivity contribution in [2.45, 2.75) is 6.61 Å². The maximum Gasteiger partial charge on any atom is 0.253 e. The molecule has 0 unspecified atom stereocenters. The summed E-state index contributed by atoms with van der Waals surface area (Å²) in [6.45, 7) is 0.290. The van der Waals surface area contributed by atoms with E-state index in [-0.39, 0.29) is 29.8 Å². The van der Waals surface area contributed by atoms with Crippen LogP contribution in [0, 0.1) is 0 Å². The lowest BCUT2D eigenvalue weighted by Gasteiger charge is -2.10. The Balaban J connectivity index is 1.29. The Labute approximate surface area is 194 Å². The number of nitrogens with one attached hydrogen (secondary N) is 2. The molecule has 0 spiro atoms. The predicted octanol–water partition coefficient (Wildman–Crippen LogP) is 4.67. The van der Waals surface area contributed by atoms with Crippen LogP contribution in [0.15, 0.2) is 60.7 Å². The molecule has 0 saturated heterocycles. The fourth-order valence-electron chi connectivity index (χ4n) is 3.01. The summed E-state index contributed by atoms with van der Waals surface area (Å²) in [5.41, 5.74) is 1.68. The maximum atomic E-state index is 12.2. The van der Waals surface area contributed by atoms with E-state index in [1.807, 2.05) is 6.07 Å². The lowest BCUT2D eigenvalue weighted by atomic mass is 10.2. The number of carbonyl (C=O) groups is 2. The number of ether oxygens (including phenoxy) is 3. The minimum atomic E-state index is -0.465. The van der Waals surface area contributed by atoms with Crippen molar-refractivity contribution in [2.75, 3.05) is 18.7 Å². The molecule has 0 fully saturated rings. The van der Waals surface area contributed by atoms with Gasteiger partial charge in [-0.15, -0.1) is 0 Å². The van der Waals surface area contributed by atoms with Crippen LogP contribution >= 0.6 is 23.2 Å². The summed E-state index contributed by atoms with van der Waals surface area (Å²) in [6, 6.07) is 17.1. The number of carbonyl (C=O) groups excluding carboxylic acids is 2. The van der Waals surface area contributed by atoms with Gasteiger partial charge in [0.15, 0.2) is 11.5 Å². The Kier molecular flexibility index (Phi) is 6.68. The maximum absolute atomic E-state index is 12.2. The van der Waals surface area contributed by atoms with Crippen molar-refractivity contribution in [3.8, 4) is 17.2 Å². The molecule has 3 aromatic rings. The first-order chi connectivity index (χ1) is 15.5. The number of amides is 2. The average Bonchev–Trinajstić information content (AvgIpc) is 3.24. The first kappa shape index (κ1) is 21.8. The molecule has 0 aliphatic carbocycles. The molecule has 1 heterocycles. The number of hydrogen-bond donors (Lipinski definition) is 2. The molecule has 0 bridgehead atoms. The summed E-state index contributed by atoms with van der Waals surface area (Å²) in [6.07, 6.45) is 0. The van der Waals surface area contributed by atoms with E-state index in [1.54, 1.807) is 42.5 Å². The molecule has 0 atom stereocenters. The highest BCUT2D eigenvalue weighted by molar-refractivity contribution is 6.36. The zero-order chi connectivity index (χ0) is 22.5. The molecule has 1 aliphatic rings. The third-order valence-electron chi connectivity index (χ3n) is 4.55. The van der Waals surface area contributed by atoms with E-state index in [0.717, 1.165) is 5.56 Å². The number of hydrogen-bond acceptors (Lipinski definition) is 5. The van der Waals surface area contributed by atoms with Crippen LogP contribution in [0.25, 0.3) is 0 Å². The van der Waals surface area contributed by atoms with Gasteiger partial charge in [-0.3, -0.25) is 9.59 Å². The SMILES string of the molecule is O=C(CNC(=O)c1ccc(Cl)cc1Cl)Nc1cccc(COc2ccc3c(c2)OCO3)c1. The van der Waals surface area contributed by atoms with Crippen molar-refractivity contribution in [1.82, 2.24) is 5.32 Å². The second kappa shape index (κ2) is 9.80. The molecule has 0 radical (unpaired) electrons. The molecule has 1 aliphatic heterocycles. The molecule has 2 amide bonds. The highest BCUT2D eigenvalue weighted by Gasteiger charge is 2.14. The highest BCUT2D eigenvalue weighted by atomic mass is 35.5. The molecule has 164 valence electrons. The van der Waals surface area contributed by atoms with Crippen LogP contribution in [-0.2, 0) is 11.4 Å². The minimum absolute atomic E-state index is 0.202. The second-order valence-electron chi connectivity index (χ2n) is 6.86. The zero-order valence-electron chi connectivity index (χ0n) is 16.7. The zero-order valence-corrected chi connectivity index (χ0v) is 18.2. The average molecular weight is 473 g/mol. The Morgan fingerprint density at radius 1 is 0.969 bits per heavy atom. The van der Waals surface area contributed by atoms with Crippen LogP contribution in [-0.4, -0.2) is 25.2 Å². The largest absolute Gasteiger partial charge is 0.489 e. The number of rotatable bonds is 7. The summed E-state index contributed by atoms with van der Waals surface area (Å²) in [7, 11) is 0. The quantitative estimate of drug-likeness (QED) is 0.521. The molecule has 7 nitrogen and oxygen atoms in total. The lowest BCUT2D eigenvalue weighted by Crippen LogP contribution is -2.33. The van der Waals surface area contributed by atoms with Gasteiger partial charge in [-0.25, -0.2) is 0 Å². The molecule has 0 saturated carbocycles. The Hall–Kier alpha value is -3.42. The van der Waals surface area contributed by atoms with E-state index in [1.165, 1.54) is 12.1 Å². The third-order valence-corrected chi connectivity index (χ3v) is 5.09. The van der Waals surface area contributed by atoms with Gasteiger partial charge in [0.05, 0.1) is 17.1 Å². The number of fused-ring (bicyclic) bond motifs is 1. The second-order valence-corrected chi connectivity index (χ2v) is 7.70. The topological polar surface area (TPSA) is 85.9 Å². The van der Waals surface area contributed by atoms with Gasteiger partial charge < -0.3 is 24.8 Å². The van der Waals surface area contributed by atoms with Gasteiger partial charge in [0.2, 0.25) is 12.7 Å². The summed E-state index contributed by atoms with van der Waals surface area (Å²) in [5, 5.41) is 5.92. The van der Waals surface area contributed by atoms with Gasteiger partial charge >= 0.3 is 0 Å². The van der Waals surface area contributed by atoms with Crippen LogP contribution in [0.1, 0.15) is 15.9 Å². The van der Waals surface area contributed by atoms with Crippen molar-refractivity contribution in [3.05, 3.63) is 81.8 Å².